The lowest BCUT2D eigenvalue weighted by Gasteiger charge is -2.07. The van der Waals surface area contributed by atoms with Crippen molar-refractivity contribution in [3.8, 4) is 0 Å². The van der Waals surface area contributed by atoms with E-state index in [0.29, 0.717) is 0 Å². The Morgan fingerprint density at radius 1 is 1.12 bits per heavy atom. The van der Waals surface area contributed by atoms with Gasteiger partial charge in [-0.05, 0) is 55.0 Å². The Morgan fingerprint density at radius 3 is 2.50 bits per heavy atom. The molecule has 0 saturated carbocycles. The van der Waals surface area contributed by atoms with Crippen LogP contribution in [-0.4, -0.2) is 6.54 Å². The molecule has 1 aromatic carbocycles. The largest absolute Gasteiger partial charge is 0.385 e. The van der Waals surface area contributed by atoms with Gasteiger partial charge in [0.2, 0.25) is 0 Å². The fourth-order valence-corrected chi connectivity index (χ4v) is 2.57. The number of aryl methyl sites for hydroxylation is 2. The summed E-state index contributed by atoms with van der Waals surface area (Å²) in [5.74, 6) is 0. The highest BCUT2D eigenvalue weighted by atomic mass is 32.1. The number of rotatable bonds is 4. The summed E-state index contributed by atoms with van der Waals surface area (Å²) in [5.41, 5.74) is 3.87. The van der Waals surface area contributed by atoms with Crippen LogP contribution in [0, 0.1) is 13.8 Å². The first kappa shape index (κ1) is 11.2. The molecule has 2 aromatic rings. The maximum absolute atomic E-state index is 3.47. The van der Waals surface area contributed by atoms with Crippen molar-refractivity contribution >= 4 is 17.0 Å². The lowest BCUT2D eigenvalue weighted by molar-refractivity contribution is 1.04. The van der Waals surface area contributed by atoms with Gasteiger partial charge in [-0.2, -0.15) is 0 Å². The molecule has 0 bridgehead atoms. The molecule has 2 rings (SSSR count). The van der Waals surface area contributed by atoms with E-state index in [9.17, 15) is 0 Å². The van der Waals surface area contributed by atoms with Crippen LogP contribution < -0.4 is 5.32 Å². The van der Waals surface area contributed by atoms with Crippen LogP contribution in [0.4, 0.5) is 5.69 Å². The average molecular weight is 231 g/mol. The van der Waals surface area contributed by atoms with Gasteiger partial charge in [0.1, 0.15) is 0 Å². The SMILES string of the molecule is Cc1cc(C)cc(NCCc2cccs2)c1. The minimum Gasteiger partial charge on any atom is -0.385 e. The molecular formula is C14H17NS. The van der Waals surface area contributed by atoms with Crippen LogP contribution in [0.25, 0.3) is 0 Å². The molecule has 1 N–H and O–H groups in total. The number of benzene rings is 1. The van der Waals surface area contributed by atoms with E-state index in [1.54, 1.807) is 0 Å². The molecule has 0 saturated heterocycles. The van der Waals surface area contributed by atoms with Gasteiger partial charge >= 0.3 is 0 Å². The molecular weight excluding hydrogens is 214 g/mol. The van der Waals surface area contributed by atoms with Gasteiger partial charge in [0.15, 0.2) is 0 Å². The van der Waals surface area contributed by atoms with Crippen molar-refractivity contribution in [3.05, 3.63) is 51.7 Å². The number of hydrogen-bond donors (Lipinski definition) is 1. The van der Waals surface area contributed by atoms with Gasteiger partial charge in [-0.15, -0.1) is 11.3 Å². The van der Waals surface area contributed by atoms with E-state index in [4.69, 9.17) is 0 Å². The summed E-state index contributed by atoms with van der Waals surface area (Å²) in [4.78, 5) is 1.44. The topological polar surface area (TPSA) is 12.0 Å². The Bertz CT molecular complexity index is 426. The summed E-state index contributed by atoms with van der Waals surface area (Å²) in [6.07, 6.45) is 1.10. The van der Waals surface area contributed by atoms with Crippen molar-refractivity contribution < 1.29 is 0 Å². The van der Waals surface area contributed by atoms with Gasteiger partial charge in [-0.1, -0.05) is 12.1 Å². The smallest absolute Gasteiger partial charge is 0.0345 e. The molecule has 0 amide bonds. The van der Waals surface area contributed by atoms with Crippen LogP contribution in [0.2, 0.25) is 0 Å². The van der Waals surface area contributed by atoms with Crippen LogP contribution in [0.5, 0.6) is 0 Å². The fourth-order valence-electron chi connectivity index (χ4n) is 1.86. The highest BCUT2D eigenvalue weighted by molar-refractivity contribution is 7.09. The summed E-state index contributed by atoms with van der Waals surface area (Å²) < 4.78 is 0. The van der Waals surface area contributed by atoms with Crippen molar-refractivity contribution in [3.63, 3.8) is 0 Å². The standard InChI is InChI=1S/C14H17NS/c1-11-8-12(2)10-13(9-11)15-6-5-14-4-3-7-16-14/h3-4,7-10,15H,5-6H2,1-2H3. The Hall–Kier alpha value is -1.28. The van der Waals surface area contributed by atoms with Crippen LogP contribution in [0.3, 0.4) is 0 Å². The highest BCUT2D eigenvalue weighted by Gasteiger charge is 1.96. The van der Waals surface area contributed by atoms with E-state index < -0.39 is 0 Å². The molecule has 0 spiro atoms. The second-order valence-electron chi connectivity index (χ2n) is 4.13. The Labute approximate surface area is 101 Å². The summed E-state index contributed by atoms with van der Waals surface area (Å²) in [7, 11) is 0. The van der Waals surface area contributed by atoms with Crippen LogP contribution in [-0.2, 0) is 6.42 Å². The van der Waals surface area contributed by atoms with Gasteiger partial charge < -0.3 is 5.32 Å². The monoisotopic (exact) mass is 231 g/mol. The quantitative estimate of drug-likeness (QED) is 0.838. The third-order valence-corrected chi connectivity index (χ3v) is 3.44. The van der Waals surface area contributed by atoms with E-state index >= 15 is 0 Å². The van der Waals surface area contributed by atoms with Crippen LogP contribution in [0.1, 0.15) is 16.0 Å². The molecule has 0 aliphatic heterocycles. The summed E-state index contributed by atoms with van der Waals surface area (Å²) in [6, 6.07) is 10.9. The molecule has 0 aliphatic rings. The van der Waals surface area contributed by atoms with Crippen molar-refractivity contribution in [2.24, 2.45) is 0 Å². The van der Waals surface area contributed by atoms with Gasteiger partial charge in [0.25, 0.3) is 0 Å². The minimum atomic E-state index is 1.00. The van der Waals surface area contributed by atoms with E-state index in [-0.39, 0.29) is 0 Å². The molecule has 0 atom stereocenters. The number of anilines is 1. The number of nitrogens with one attached hydrogen (secondary N) is 1. The third kappa shape index (κ3) is 3.11. The second-order valence-corrected chi connectivity index (χ2v) is 5.16. The zero-order valence-electron chi connectivity index (χ0n) is 9.79. The number of hydrogen-bond acceptors (Lipinski definition) is 2. The highest BCUT2D eigenvalue weighted by Crippen LogP contribution is 2.14. The Balaban J connectivity index is 1.89. The molecule has 84 valence electrons. The zero-order chi connectivity index (χ0) is 11.4. The van der Waals surface area contributed by atoms with Crippen molar-refractivity contribution in [2.45, 2.75) is 20.3 Å². The predicted octanol–water partition coefficient (Wildman–Crippen LogP) is 4.02. The maximum atomic E-state index is 3.47. The molecule has 1 aromatic heterocycles. The third-order valence-electron chi connectivity index (χ3n) is 2.50. The van der Waals surface area contributed by atoms with Crippen molar-refractivity contribution in [2.75, 3.05) is 11.9 Å². The lowest BCUT2D eigenvalue weighted by Crippen LogP contribution is -2.04. The fraction of sp³-hybridized carbons (Fsp3) is 0.286. The van der Waals surface area contributed by atoms with Crippen LogP contribution in [0.15, 0.2) is 35.7 Å². The molecule has 1 nitrogen and oxygen atoms in total. The van der Waals surface area contributed by atoms with E-state index in [0.717, 1.165) is 13.0 Å². The average Bonchev–Trinajstić information content (AvgIpc) is 2.69. The molecule has 16 heavy (non-hydrogen) atoms. The van der Waals surface area contributed by atoms with Crippen molar-refractivity contribution in [1.82, 2.24) is 0 Å². The summed E-state index contributed by atoms with van der Waals surface area (Å²) in [6.45, 7) is 5.28. The molecule has 0 aliphatic carbocycles. The van der Waals surface area contributed by atoms with E-state index in [1.165, 1.54) is 21.7 Å². The zero-order valence-corrected chi connectivity index (χ0v) is 10.6. The van der Waals surface area contributed by atoms with E-state index in [1.807, 2.05) is 11.3 Å². The van der Waals surface area contributed by atoms with E-state index in [2.05, 4.69) is 54.9 Å². The first-order valence-electron chi connectivity index (χ1n) is 5.58. The molecule has 0 radical (unpaired) electrons. The van der Waals surface area contributed by atoms with Gasteiger partial charge in [0, 0.05) is 17.1 Å². The van der Waals surface area contributed by atoms with Crippen molar-refractivity contribution in [1.29, 1.82) is 0 Å². The Kier molecular flexibility index (Phi) is 3.62. The molecule has 0 fully saturated rings. The van der Waals surface area contributed by atoms with Gasteiger partial charge in [-0.3, -0.25) is 0 Å². The maximum Gasteiger partial charge on any atom is 0.0345 e. The van der Waals surface area contributed by atoms with Gasteiger partial charge in [0.05, 0.1) is 0 Å². The molecule has 0 unspecified atom stereocenters. The lowest BCUT2D eigenvalue weighted by atomic mass is 10.1. The van der Waals surface area contributed by atoms with Crippen LogP contribution >= 0.6 is 11.3 Å². The summed E-state index contributed by atoms with van der Waals surface area (Å²) in [5, 5.41) is 5.60. The molecule has 2 heteroatoms. The normalized spacial score (nSPS) is 10.4. The first-order valence-corrected chi connectivity index (χ1v) is 6.46. The predicted molar refractivity (Wildman–Crippen MR) is 72.4 cm³/mol. The minimum absolute atomic E-state index is 1.00. The molecule has 1 heterocycles. The number of thiophene rings is 1. The first-order chi connectivity index (χ1) is 7.74. The summed E-state index contributed by atoms with van der Waals surface area (Å²) >= 11 is 1.82. The second kappa shape index (κ2) is 5.17. The Morgan fingerprint density at radius 2 is 1.88 bits per heavy atom. The van der Waals surface area contributed by atoms with Gasteiger partial charge in [-0.25, -0.2) is 0 Å².